The van der Waals surface area contributed by atoms with Crippen LogP contribution in [0.2, 0.25) is 0 Å². The van der Waals surface area contributed by atoms with Crippen LogP contribution in [0.25, 0.3) is 11.2 Å². The molecule has 3 heterocycles. The molecule has 0 bridgehead atoms. The summed E-state index contributed by atoms with van der Waals surface area (Å²) < 4.78 is 8.25. The van der Waals surface area contributed by atoms with Crippen molar-refractivity contribution in [2.24, 2.45) is 0 Å². The van der Waals surface area contributed by atoms with Crippen LogP contribution in [-0.2, 0) is 19.6 Å². The second-order valence-corrected chi connectivity index (χ2v) is 7.18. The van der Waals surface area contributed by atoms with Crippen LogP contribution in [0.15, 0.2) is 68.7 Å². The zero-order valence-electron chi connectivity index (χ0n) is 17.3. The lowest BCUT2D eigenvalue weighted by Gasteiger charge is -2.13. The van der Waals surface area contributed by atoms with E-state index >= 15 is 0 Å². The molecule has 1 amide bonds. The van der Waals surface area contributed by atoms with Gasteiger partial charge in [0.25, 0.3) is 5.91 Å². The summed E-state index contributed by atoms with van der Waals surface area (Å²) in [5.41, 5.74) is 1.14. The topological polar surface area (TPSA) is 99.1 Å². The maximum Gasteiger partial charge on any atom is 0.318 e. The highest BCUT2D eigenvalue weighted by Crippen LogP contribution is 2.12. The molecule has 0 unspecified atom stereocenters. The molecule has 4 rings (SSSR count). The molecule has 0 aliphatic heterocycles. The Morgan fingerprint density at radius 2 is 1.77 bits per heavy atom. The van der Waals surface area contributed by atoms with Gasteiger partial charge in [-0.1, -0.05) is 12.1 Å². The van der Waals surface area contributed by atoms with Gasteiger partial charge in [0, 0.05) is 18.3 Å². The molecule has 0 aliphatic rings. The summed E-state index contributed by atoms with van der Waals surface area (Å²) in [7, 11) is 0. The third kappa shape index (κ3) is 4.05. The van der Waals surface area contributed by atoms with Gasteiger partial charge < -0.3 is 9.73 Å². The molecule has 0 atom stereocenters. The first kappa shape index (κ1) is 20.3. The van der Waals surface area contributed by atoms with E-state index in [0.717, 1.165) is 11.3 Å². The van der Waals surface area contributed by atoms with Gasteiger partial charge in [-0.2, -0.15) is 0 Å². The van der Waals surface area contributed by atoms with Gasteiger partial charge in [0.2, 0.25) is 0 Å². The van der Waals surface area contributed by atoms with Crippen molar-refractivity contribution in [2.45, 2.75) is 33.5 Å². The van der Waals surface area contributed by atoms with Crippen LogP contribution in [0.5, 0.6) is 0 Å². The number of aromatic nitrogens is 3. The summed E-state index contributed by atoms with van der Waals surface area (Å²) in [6.07, 6.45) is 1.60. The molecular weight excluding hydrogens is 396 g/mol. The summed E-state index contributed by atoms with van der Waals surface area (Å²) in [6, 6.07) is 14.1. The van der Waals surface area contributed by atoms with Gasteiger partial charge in [0.15, 0.2) is 5.65 Å². The standard InChI is InChI=1S/C23H22N4O4/c1-3-26-20-19(5-4-12-24-20)27(23(30)22(26)29)14-16-7-9-17(10-8-16)21(28)25-13-18-11-6-15(2)31-18/h4-12H,3,13-14H2,1-2H3,(H,25,28). The Morgan fingerprint density at radius 3 is 2.45 bits per heavy atom. The van der Waals surface area contributed by atoms with Gasteiger partial charge in [-0.15, -0.1) is 0 Å². The smallest absolute Gasteiger partial charge is 0.318 e. The van der Waals surface area contributed by atoms with Crippen molar-refractivity contribution in [3.63, 3.8) is 0 Å². The zero-order chi connectivity index (χ0) is 22.0. The van der Waals surface area contributed by atoms with Crippen LogP contribution in [-0.4, -0.2) is 20.0 Å². The molecule has 0 fully saturated rings. The number of carbonyl (C=O) groups excluding carboxylic acids is 1. The fourth-order valence-corrected chi connectivity index (χ4v) is 3.49. The third-order valence-corrected chi connectivity index (χ3v) is 5.08. The molecule has 1 N–H and O–H groups in total. The van der Waals surface area contributed by atoms with Crippen molar-refractivity contribution in [3.8, 4) is 0 Å². The number of fused-ring (bicyclic) bond motifs is 1. The number of nitrogens with one attached hydrogen (secondary N) is 1. The van der Waals surface area contributed by atoms with E-state index in [1.165, 1.54) is 9.13 Å². The Hall–Kier alpha value is -3.94. The number of amides is 1. The van der Waals surface area contributed by atoms with Crippen molar-refractivity contribution < 1.29 is 9.21 Å². The van der Waals surface area contributed by atoms with E-state index in [1.54, 1.807) is 49.5 Å². The molecule has 0 saturated carbocycles. The SMILES string of the molecule is CCn1c(=O)c(=O)n(Cc2ccc(C(=O)NCc3ccc(C)o3)cc2)c2cccnc21. The third-order valence-electron chi connectivity index (χ3n) is 5.08. The summed E-state index contributed by atoms with van der Waals surface area (Å²) >= 11 is 0. The Bertz CT molecular complexity index is 1360. The van der Waals surface area contributed by atoms with Gasteiger partial charge in [-0.05, 0) is 55.8 Å². The van der Waals surface area contributed by atoms with Crippen LogP contribution in [0.4, 0.5) is 0 Å². The van der Waals surface area contributed by atoms with E-state index in [4.69, 9.17) is 4.42 Å². The Labute approximate surface area is 177 Å². The second-order valence-electron chi connectivity index (χ2n) is 7.18. The van der Waals surface area contributed by atoms with Gasteiger partial charge in [0.05, 0.1) is 18.6 Å². The minimum absolute atomic E-state index is 0.203. The molecule has 0 aliphatic carbocycles. The number of aryl methyl sites for hydroxylation is 2. The molecule has 3 aromatic heterocycles. The first-order valence-corrected chi connectivity index (χ1v) is 9.98. The van der Waals surface area contributed by atoms with E-state index < -0.39 is 11.1 Å². The zero-order valence-corrected chi connectivity index (χ0v) is 17.3. The van der Waals surface area contributed by atoms with Gasteiger partial charge in [-0.3, -0.25) is 23.5 Å². The van der Waals surface area contributed by atoms with Crippen LogP contribution >= 0.6 is 0 Å². The first-order chi connectivity index (χ1) is 15.0. The maximum absolute atomic E-state index is 12.7. The molecule has 158 valence electrons. The number of nitrogens with zero attached hydrogens (tertiary/aromatic N) is 3. The lowest BCUT2D eigenvalue weighted by atomic mass is 10.1. The molecule has 1 aromatic carbocycles. The second kappa shape index (κ2) is 8.43. The van der Waals surface area contributed by atoms with Crippen molar-refractivity contribution >= 4 is 17.1 Å². The van der Waals surface area contributed by atoms with E-state index in [2.05, 4.69) is 10.3 Å². The highest BCUT2D eigenvalue weighted by Gasteiger charge is 2.14. The molecule has 4 aromatic rings. The lowest BCUT2D eigenvalue weighted by Crippen LogP contribution is -2.41. The van der Waals surface area contributed by atoms with Crippen molar-refractivity contribution in [2.75, 3.05) is 0 Å². The number of pyridine rings is 1. The van der Waals surface area contributed by atoms with Crippen LogP contribution in [0, 0.1) is 6.92 Å². The van der Waals surface area contributed by atoms with Crippen LogP contribution in [0.1, 0.15) is 34.4 Å². The highest BCUT2D eigenvalue weighted by atomic mass is 16.3. The molecule has 0 saturated heterocycles. The lowest BCUT2D eigenvalue weighted by molar-refractivity contribution is 0.0948. The predicted octanol–water partition coefficient (Wildman–Crippen LogP) is 2.46. The van der Waals surface area contributed by atoms with E-state index in [1.807, 2.05) is 19.1 Å². The molecular formula is C23H22N4O4. The predicted molar refractivity (Wildman–Crippen MR) is 116 cm³/mol. The average molecular weight is 418 g/mol. The average Bonchev–Trinajstić information content (AvgIpc) is 3.21. The minimum Gasteiger partial charge on any atom is -0.465 e. The monoisotopic (exact) mass is 418 g/mol. The molecule has 0 spiro atoms. The highest BCUT2D eigenvalue weighted by molar-refractivity contribution is 5.94. The van der Waals surface area contributed by atoms with Gasteiger partial charge >= 0.3 is 11.1 Å². The summed E-state index contributed by atoms with van der Waals surface area (Å²) in [4.78, 5) is 41.8. The van der Waals surface area contributed by atoms with Crippen LogP contribution < -0.4 is 16.4 Å². The van der Waals surface area contributed by atoms with Gasteiger partial charge in [0.1, 0.15) is 11.5 Å². The number of hydrogen-bond acceptors (Lipinski definition) is 5. The molecule has 8 nitrogen and oxygen atoms in total. The van der Waals surface area contributed by atoms with Crippen LogP contribution in [0.3, 0.4) is 0 Å². The number of carbonyl (C=O) groups is 1. The van der Waals surface area contributed by atoms with E-state index in [-0.39, 0.29) is 12.5 Å². The summed E-state index contributed by atoms with van der Waals surface area (Å²) in [5.74, 6) is 1.25. The quantitative estimate of drug-likeness (QED) is 0.485. The fraction of sp³-hybridized carbons (Fsp3) is 0.217. The number of rotatable bonds is 6. The molecule has 8 heteroatoms. The van der Waals surface area contributed by atoms with E-state index in [0.29, 0.717) is 35.6 Å². The normalized spacial score (nSPS) is 11.0. The van der Waals surface area contributed by atoms with Gasteiger partial charge in [-0.25, -0.2) is 4.98 Å². The fourth-order valence-electron chi connectivity index (χ4n) is 3.49. The molecule has 0 radical (unpaired) electrons. The summed E-state index contributed by atoms with van der Waals surface area (Å²) in [6.45, 7) is 4.52. The Kier molecular flexibility index (Phi) is 5.53. The van der Waals surface area contributed by atoms with E-state index in [9.17, 15) is 14.4 Å². The Balaban J connectivity index is 1.56. The largest absolute Gasteiger partial charge is 0.465 e. The van der Waals surface area contributed by atoms with Crippen molar-refractivity contribution in [3.05, 3.63) is 98.1 Å². The number of hydrogen-bond donors (Lipinski definition) is 1. The number of furan rings is 1. The Morgan fingerprint density at radius 1 is 1.03 bits per heavy atom. The van der Waals surface area contributed by atoms with Crippen molar-refractivity contribution in [1.82, 2.24) is 19.4 Å². The maximum atomic E-state index is 12.7. The molecule has 31 heavy (non-hydrogen) atoms. The summed E-state index contributed by atoms with van der Waals surface area (Å²) in [5, 5.41) is 2.81. The van der Waals surface area contributed by atoms with Crippen molar-refractivity contribution in [1.29, 1.82) is 0 Å². The number of benzene rings is 1. The first-order valence-electron chi connectivity index (χ1n) is 9.98. The minimum atomic E-state index is -0.599.